The fourth-order valence-corrected chi connectivity index (χ4v) is 2.06. The number of rotatable bonds is 8. The fourth-order valence-electron chi connectivity index (χ4n) is 2.06. The molecule has 2 N–H and O–H groups in total. The van der Waals surface area contributed by atoms with E-state index in [9.17, 15) is 9.59 Å². The SMILES string of the molecule is CCOC(=O)c1c(N)cccc1C(=O)OCCN(CC)CC.Cl. The van der Waals surface area contributed by atoms with E-state index in [1.165, 1.54) is 6.07 Å². The summed E-state index contributed by atoms with van der Waals surface area (Å²) in [6.45, 7) is 8.68. The van der Waals surface area contributed by atoms with Gasteiger partial charge in [0.25, 0.3) is 0 Å². The maximum absolute atomic E-state index is 12.2. The number of ether oxygens (including phenoxy) is 2. The van der Waals surface area contributed by atoms with Crippen LogP contribution < -0.4 is 5.73 Å². The maximum atomic E-state index is 12.2. The van der Waals surface area contributed by atoms with E-state index in [0.717, 1.165) is 13.1 Å². The Labute approximate surface area is 143 Å². The first-order valence-electron chi connectivity index (χ1n) is 7.50. The minimum Gasteiger partial charge on any atom is -0.462 e. The highest BCUT2D eigenvalue weighted by molar-refractivity contribution is 6.06. The summed E-state index contributed by atoms with van der Waals surface area (Å²) in [4.78, 5) is 26.3. The lowest BCUT2D eigenvalue weighted by molar-refractivity contribution is 0.0441. The number of halogens is 1. The van der Waals surface area contributed by atoms with Crippen molar-refractivity contribution in [2.45, 2.75) is 20.8 Å². The molecule has 0 heterocycles. The second-order valence-electron chi connectivity index (χ2n) is 4.65. The summed E-state index contributed by atoms with van der Waals surface area (Å²) in [5.41, 5.74) is 6.20. The van der Waals surface area contributed by atoms with Crippen molar-refractivity contribution in [3.8, 4) is 0 Å². The highest BCUT2D eigenvalue weighted by Crippen LogP contribution is 2.19. The van der Waals surface area contributed by atoms with Gasteiger partial charge in [-0.05, 0) is 32.1 Å². The normalized spacial score (nSPS) is 10.1. The van der Waals surface area contributed by atoms with Crippen molar-refractivity contribution in [1.29, 1.82) is 0 Å². The molecule has 0 aliphatic carbocycles. The molecule has 0 aromatic heterocycles. The highest BCUT2D eigenvalue weighted by Gasteiger charge is 2.22. The van der Waals surface area contributed by atoms with Crippen LogP contribution in [0, 0.1) is 0 Å². The van der Waals surface area contributed by atoms with Gasteiger partial charge in [-0.1, -0.05) is 19.9 Å². The largest absolute Gasteiger partial charge is 0.462 e. The zero-order valence-electron chi connectivity index (χ0n) is 13.8. The van der Waals surface area contributed by atoms with Crippen LogP contribution in [0.1, 0.15) is 41.5 Å². The molecule has 130 valence electrons. The Morgan fingerprint density at radius 3 is 2.30 bits per heavy atom. The zero-order valence-corrected chi connectivity index (χ0v) is 14.6. The molecule has 23 heavy (non-hydrogen) atoms. The molecule has 6 nitrogen and oxygen atoms in total. The van der Waals surface area contributed by atoms with Crippen LogP contribution >= 0.6 is 12.4 Å². The standard InChI is InChI=1S/C16H24N2O4.ClH/c1-4-18(5-2)10-11-22-15(19)12-8-7-9-13(17)14(12)16(20)21-6-3;/h7-9H,4-6,10-11,17H2,1-3H3;1H. The molecule has 0 radical (unpaired) electrons. The number of likely N-dealkylation sites (N-methyl/N-ethyl adjacent to an activating group) is 1. The first-order valence-corrected chi connectivity index (χ1v) is 7.50. The molecule has 7 heteroatoms. The van der Waals surface area contributed by atoms with E-state index < -0.39 is 11.9 Å². The number of nitrogens with zero attached hydrogens (tertiary/aromatic N) is 1. The van der Waals surface area contributed by atoms with Crippen molar-refractivity contribution >= 4 is 30.0 Å². The first kappa shape index (κ1) is 21.2. The van der Waals surface area contributed by atoms with Gasteiger partial charge in [0.15, 0.2) is 0 Å². The highest BCUT2D eigenvalue weighted by atomic mass is 35.5. The quantitative estimate of drug-likeness (QED) is 0.576. The second kappa shape index (κ2) is 10.9. The van der Waals surface area contributed by atoms with E-state index in [1.54, 1.807) is 19.1 Å². The Kier molecular flexibility index (Phi) is 10.0. The molecular weight excluding hydrogens is 320 g/mol. The van der Waals surface area contributed by atoms with Crippen molar-refractivity contribution in [2.75, 3.05) is 38.6 Å². The molecule has 0 atom stereocenters. The average Bonchev–Trinajstić information content (AvgIpc) is 2.51. The summed E-state index contributed by atoms with van der Waals surface area (Å²) in [5.74, 6) is -1.18. The van der Waals surface area contributed by atoms with Gasteiger partial charge in [0.1, 0.15) is 6.61 Å². The maximum Gasteiger partial charge on any atom is 0.341 e. The molecule has 0 unspecified atom stereocenters. The minimum absolute atomic E-state index is 0. The number of hydrogen-bond acceptors (Lipinski definition) is 6. The third-order valence-corrected chi connectivity index (χ3v) is 3.33. The Morgan fingerprint density at radius 1 is 1.09 bits per heavy atom. The molecule has 0 saturated heterocycles. The number of nitrogens with two attached hydrogens (primary N) is 1. The van der Waals surface area contributed by atoms with Gasteiger partial charge in [-0.25, -0.2) is 9.59 Å². The van der Waals surface area contributed by atoms with Crippen molar-refractivity contribution in [1.82, 2.24) is 4.90 Å². The summed E-state index contributed by atoms with van der Waals surface area (Å²) in [6.07, 6.45) is 0. The van der Waals surface area contributed by atoms with E-state index in [-0.39, 0.29) is 42.4 Å². The Balaban J connectivity index is 0.00000484. The third kappa shape index (κ3) is 6.08. The molecule has 0 aliphatic heterocycles. The van der Waals surface area contributed by atoms with Crippen molar-refractivity contribution in [2.24, 2.45) is 0 Å². The topological polar surface area (TPSA) is 81.9 Å². The van der Waals surface area contributed by atoms with Crippen LogP contribution in [-0.2, 0) is 9.47 Å². The number of carbonyl (C=O) groups excluding carboxylic acids is 2. The van der Waals surface area contributed by atoms with Crippen LogP contribution in [0.15, 0.2) is 18.2 Å². The third-order valence-electron chi connectivity index (χ3n) is 3.33. The summed E-state index contributed by atoms with van der Waals surface area (Å²) in [7, 11) is 0. The number of carbonyl (C=O) groups is 2. The van der Waals surface area contributed by atoms with Crippen molar-refractivity contribution < 1.29 is 19.1 Å². The predicted octanol–water partition coefficient (Wildman–Crippen LogP) is 2.37. The van der Waals surface area contributed by atoms with Gasteiger partial charge < -0.3 is 20.1 Å². The zero-order chi connectivity index (χ0) is 16.5. The number of esters is 2. The van der Waals surface area contributed by atoms with E-state index in [1.807, 2.05) is 13.8 Å². The van der Waals surface area contributed by atoms with Crippen LogP contribution in [0.2, 0.25) is 0 Å². The molecule has 1 aromatic rings. The lowest BCUT2D eigenvalue weighted by Crippen LogP contribution is -2.28. The average molecular weight is 345 g/mol. The van der Waals surface area contributed by atoms with E-state index >= 15 is 0 Å². The van der Waals surface area contributed by atoms with E-state index in [4.69, 9.17) is 15.2 Å². The number of hydrogen-bond donors (Lipinski definition) is 1. The molecule has 0 spiro atoms. The molecule has 0 amide bonds. The summed E-state index contributed by atoms with van der Waals surface area (Å²) in [5, 5.41) is 0. The van der Waals surface area contributed by atoms with E-state index in [2.05, 4.69) is 4.90 Å². The molecule has 1 rings (SSSR count). The predicted molar refractivity (Wildman–Crippen MR) is 92.1 cm³/mol. The summed E-state index contributed by atoms with van der Waals surface area (Å²) >= 11 is 0. The number of nitrogen functional groups attached to an aromatic ring is 1. The molecular formula is C16H25ClN2O4. The van der Waals surface area contributed by atoms with Gasteiger partial charge in [-0.2, -0.15) is 0 Å². The molecule has 0 bridgehead atoms. The number of anilines is 1. The Morgan fingerprint density at radius 2 is 1.74 bits per heavy atom. The van der Waals surface area contributed by atoms with Crippen LogP contribution in [0.25, 0.3) is 0 Å². The van der Waals surface area contributed by atoms with Gasteiger partial charge in [0.2, 0.25) is 0 Å². The van der Waals surface area contributed by atoms with Crippen molar-refractivity contribution in [3.05, 3.63) is 29.3 Å². The molecule has 1 aromatic carbocycles. The lowest BCUT2D eigenvalue weighted by Gasteiger charge is -2.18. The van der Waals surface area contributed by atoms with Crippen molar-refractivity contribution in [3.63, 3.8) is 0 Å². The van der Waals surface area contributed by atoms with Gasteiger partial charge in [0, 0.05) is 12.2 Å². The van der Waals surface area contributed by atoms with Gasteiger partial charge >= 0.3 is 11.9 Å². The number of benzene rings is 1. The monoisotopic (exact) mass is 344 g/mol. The molecule has 0 saturated carbocycles. The van der Waals surface area contributed by atoms with Crippen LogP contribution in [-0.4, -0.2) is 49.7 Å². The van der Waals surface area contributed by atoms with Crippen LogP contribution in [0.4, 0.5) is 5.69 Å². The van der Waals surface area contributed by atoms with Gasteiger partial charge in [-0.15, -0.1) is 12.4 Å². The van der Waals surface area contributed by atoms with Gasteiger partial charge in [-0.3, -0.25) is 0 Å². The van der Waals surface area contributed by atoms with Gasteiger partial charge in [0.05, 0.1) is 17.7 Å². The molecule has 0 aliphatic rings. The van der Waals surface area contributed by atoms with E-state index in [0.29, 0.717) is 6.54 Å². The Bertz CT molecular complexity index is 519. The summed E-state index contributed by atoms with van der Waals surface area (Å²) < 4.78 is 10.2. The first-order chi connectivity index (χ1) is 10.5. The van der Waals surface area contributed by atoms with Crippen LogP contribution in [0.3, 0.4) is 0 Å². The summed E-state index contributed by atoms with van der Waals surface area (Å²) in [6, 6.07) is 4.68. The minimum atomic E-state index is -0.615. The fraction of sp³-hybridized carbons (Fsp3) is 0.500. The van der Waals surface area contributed by atoms with Crippen LogP contribution in [0.5, 0.6) is 0 Å². The Hall–Kier alpha value is -1.79. The molecule has 0 fully saturated rings. The smallest absolute Gasteiger partial charge is 0.341 e. The second-order valence-corrected chi connectivity index (χ2v) is 4.65. The lowest BCUT2D eigenvalue weighted by atomic mass is 10.1.